The van der Waals surface area contributed by atoms with Crippen LogP contribution >= 0.6 is 0 Å². The lowest BCUT2D eigenvalue weighted by atomic mass is 10.1. The molecule has 0 aliphatic heterocycles. The Kier molecular flexibility index (Phi) is 3.11. The minimum Gasteiger partial charge on any atom is -0.507 e. The normalized spacial score (nSPS) is 10.8. The first kappa shape index (κ1) is 13.8. The number of aromatic hydroxyl groups is 4. The van der Waals surface area contributed by atoms with E-state index in [-0.39, 0.29) is 45.5 Å². The highest BCUT2D eigenvalue weighted by Gasteiger charge is 2.26. The van der Waals surface area contributed by atoms with Gasteiger partial charge in [-0.2, -0.15) is 0 Å². The van der Waals surface area contributed by atoms with Crippen LogP contribution in [0, 0.1) is 0 Å². The van der Waals surface area contributed by atoms with E-state index in [0.29, 0.717) is 5.56 Å². The zero-order valence-corrected chi connectivity index (χ0v) is 11.0. The van der Waals surface area contributed by atoms with E-state index in [1.807, 2.05) is 0 Å². The van der Waals surface area contributed by atoms with Gasteiger partial charge in [-0.05, 0) is 12.1 Å². The van der Waals surface area contributed by atoms with Crippen molar-refractivity contribution in [1.29, 1.82) is 0 Å². The third-order valence-electron chi connectivity index (χ3n) is 3.15. The van der Waals surface area contributed by atoms with Crippen LogP contribution in [0.15, 0.2) is 40.8 Å². The van der Waals surface area contributed by atoms with Gasteiger partial charge >= 0.3 is 11.3 Å². The summed E-state index contributed by atoms with van der Waals surface area (Å²) in [5.74, 6) is -1.22. The maximum atomic E-state index is 9.78. The van der Waals surface area contributed by atoms with Crippen molar-refractivity contribution < 1.29 is 35.0 Å². The van der Waals surface area contributed by atoms with Crippen LogP contribution in [0.2, 0.25) is 0 Å². The molecule has 0 unspecified atom stereocenters. The Morgan fingerprint density at radius 1 is 0.818 bits per heavy atom. The van der Waals surface area contributed by atoms with E-state index in [2.05, 4.69) is 4.89 Å². The number of fused-ring (bicyclic) bond motifs is 1. The quantitative estimate of drug-likeness (QED) is 0.213. The molecule has 0 atom stereocenters. The highest BCUT2D eigenvalue weighted by Crippen LogP contribution is 2.40. The highest BCUT2D eigenvalue weighted by atomic mass is 17.1. The first-order chi connectivity index (χ1) is 10.5. The van der Waals surface area contributed by atoms with Crippen molar-refractivity contribution in [2.24, 2.45) is 0 Å². The lowest BCUT2D eigenvalue weighted by Crippen LogP contribution is -1.90. The Balaban J connectivity index is 2.30. The summed E-state index contributed by atoms with van der Waals surface area (Å²) >= 11 is 0. The summed E-state index contributed by atoms with van der Waals surface area (Å²) in [6.45, 7) is 0. The Labute approximate surface area is 123 Å². The van der Waals surface area contributed by atoms with E-state index in [9.17, 15) is 20.4 Å². The third kappa shape index (κ3) is 2.19. The molecule has 1 heterocycles. The van der Waals surface area contributed by atoms with E-state index in [1.54, 1.807) is 0 Å². The second-order valence-electron chi connectivity index (χ2n) is 4.61. The molecule has 0 saturated carbocycles. The number of hydrogen-bond donors (Lipinski definition) is 5. The van der Waals surface area contributed by atoms with Crippen molar-refractivity contribution >= 4 is 11.0 Å². The lowest BCUT2D eigenvalue weighted by Gasteiger charge is -2.02. The van der Waals surface area contributed by atoms with Gasteiger partial charge in [0.2, 0.25) is 0 Å². The van der Waals surface area contributed by atoms with Gasteiger partial charge in [0, 0.05) is 18.2 Å². The van der Waals surface area contributed by atoms with Gasteiger partial charge < -0.3 is 25.3 Å². The molecule has 0 spiro atoms. The Morgan fingerprint density at radius 2 is 1.59 bits per heavy atom. The number of rotatable bonds is 2. The number of hydrogen-bond acceptors (Lipinski definition) is 6. The molecule has 7 nitrogen and oxygen atoms in total. The highest BCUT2D eigenvalue weighted by molar-refractivity contribution is 5.88. The SMILES string of the molecule is OOc1cc2c(O)cc(O)cc2[o+]c1-c1ccc(O)c(O)c1. The van der Waals surface area contributed by atoms with E-state index < -0.39 is 0 Å². The van der Waals surface area contributed by atoms with Crippen LogP contribution in [0.1, 0.15) is 0 Å². The van der Waals surface area contributed by atoms with Gasteiger partial charge in [0.15, 0.2) is 11.5 Å². The predicted octanol–water partition coefficient (Wildman–Crippen LogP) is 3.06. The molecule has 0 aliphatic carbocycles. The van der Waals surface area contributed by atoms with Crippen LogP contribution in [0.3, 0.4) is 0 Å². The smallest absolute Gasteiger partial charge is 0.406 e. The molecule has 0 saturated heterocycles. The van der Waals surface area contributed by atoms with E-state index in [1.165, 1.54) is 30.3 Å². The van der Waals surface area contributed by atoms with Crippen molar-refractivity contribution in [3.63, 3.8) is 0 Å². The minimum absolute atomic E-state index is 0.0373. The minimum atomic E-state index is -0.379. The monoisotopic (exact) mass is 303 g/mol. The van der Waals surface area contributed by atoms with E-state index in [4.69, 9.17) is 9.67 Å². The molecule has 0 fully saturated rings. The summed E-state index contributed by atoms with van der Waals surface area (Å²) in [6.07, 6.45) is 0. The summed E-state index contributed by atoms with van der Waals surface area (Å²) in [7, 11) is 0. The fourth-order valence-corrected chi connectivity index (χ4v) is 2.12. The number of benzene rings is 2. The van der Waals surface area contributed by atoms with Crippen molar-refractivity contribution in [1.82, 2.24) is 0 Å². The number of phenols is 4. The van der Waals surface area contributed by atoms with Crippen molar-refractivity contribution in [3.8, 4) is 40.1 Å². The molecule has 0 amide bonds. The fraction of sp³-hybridized carbons (Fsp3) is 0. The maximum Gasteiger partial charge on any atom is 0.406 e. The maximum absolute atomic E-state index is 9.78. The van der Waals surface area contributed by atoms with Crippen molar-refractivity contribution in [3.05, 3.63) is 36.4 Å². The molecule has 1 aromatic heterocycles. The van der Waals surface area contributed by atoms with Gasteiger partial charge in [0.25, 0.3) is 5.75 Å². The molecule has 0 radical (unpaired) electrons. The average Bonchev–Trinajstić information content (AvgIpc) is 2.48. The summed E-state index contributed by atoms with van der Waals surface area (Å²) in [5, 5.41) is 47.4. The van der Waals surface area contributed by atoms with Crippen LogP contribution in [0.25, 0.3) is 22.3 Å². The Morgan fingerprint density at radius 3 is 2.27 bits per heavy atom. The second kappa shape index (κ2) is 4.97. The molecular weight excluding hydrogens is 292 g/mol. The van der Waals surface area contributed by atoms with Crippen molar-refractivity contribution in [2.75, 3.05) is 0 Å². The van der Waals surface area contributed by atoms with Gasteiger partial charge in [-0.3, -0.25) is 0 Å². The average molecular weight is 303 g/mol. The first-order valence-corrected chi connectivity index (χ1v) is 6.16. The first-order valence-electron chi connectivity index (χ1n) is 6.16. The van der Waals surface area contributed by atoms with Gasteiger partial charge in [0.1, 0.15) is 16.9 Å². The molecular formula is C15H11O7+. The summed E-state index contributed by atoms with van der Waals surface area (Å²) in [4.78, 5) is 4.25. The zero-order chi connectivity index (χ0) is 15.9. The standard InChI is InChI=1S/C15H10O7/c16-8-4-11(18)9-6-14(22-20)15(21-13(9)5-8)7-1-2-10(17)12(19)3-7/h1-6H,(H4-,16,17,18,19,20)/p+1. The van der Waals surface area contributed by atoms with Crippen LogP contribution in [-0.4, -0.2) is 25.7 Å². The fourth-order valence-electron chi connectivity index (χ4n) is 2.12. The lowest BCUT2D eigenvalue weighted by molar-refractivity contribution is -0.137. The number of phenolic OH excluding ortho intramolecular Hbond substituents is 4. The summed E-state index contributed by atoms with van der Waals surface area (Å²) in [5.41, 5.74) is 0.449. The van der Waals surface area contributed by atoms with Crippen LogP contribution in [0.5, 0.6) is 28.7 Å². The molecule has 0 aliphatic rings. The van der Waals surface area contributed by atoms with Gasteiger partial charge in [-0.1, -0.05) is 0 Å². The Hall–Kier alpha value is -3.19. The van der Waals surface area contributed by atoms with E-state index >= 15 is 0 Å². The molecule has 5 N–H and O–H groups in total. The summed E-state index contributed by atoms with van der Waals surface area (Å²) in [6, 6.07) is 7.60. The Bertz CT molecular complexity index is 873. The largest absolute Gasteiger partial charge is 0.507 e. The van der Waals surface area contributed by atoms with Gasteiger partial charge in [0.05, 0.1) is 11.6 Å². The predicted molar refractivity (Wildman–Crippen MR) is 76.0 cm³/mol. The molecule has 2 aromatic carbocycles. The molecule has 7 heteroatoms. The van der Waals surface area contributed by atoms with Crippen LogP contribution < -0.4 is 4.89 Å². The molecule has 3 aromatic rings. The van der Waals surface area contributed by atoms with Gasteiger partial charge in [-0.25, -0.2) is 9.67 Å². The molecule has 22 heavy (non-hydrogen) atoms. The molecule has 3 rings (SSSR count). The van der Waals surface area contributed by atoms with Crippen LogP contribution in [0.4, 0.5) is 0 Å². The van der Waals surface area contributed by atoms with E-state index in [0.717, 1.165) is 6.07 Å². The molecule has 0 bridgehead atoms. The topological polar surface area (TPSA) is 122 Å². The second-order valence-corrected chi connectivity index (χ2v) is 4.61. The molecule has 112 valence electrons. The third-order valence-corrected chi connectivity index (χ3v) is 3.15. The summed E-state index contributed by atoms with van der Waals surface area (Å²) < 4.78 is 5.53. The zero-order valence-electron chi connectivity index (χ0n) is 11.0. The van der Waals surface area contributed by atoms with Gasteiger partial charge in [-0.15, -0.1) is 0 Å². The van der Waals surface area contributed by atoms with Crippen molar-refractivity contribution in [2.45, 2.75) is 0 Å². The van der Waals surface area contributed by atoms with Crippen LogP contribution in [-0.2, 0) is 0 Å².